The third-order valence-corrected chi connectivity index (χ3v) is 10.7. The van der Waals surface area contributed by atoms with Gasteiger partial charge in [-0.25, -0.2) is 4.79 Å². The zero-order chi connectivity index (χ0) is 21.6. The van der Waals surface area contributed by atoms with Crippen LogP contribution in [0, 0.1) is 12.8 Å². The quantitative estimate of drug-likeness (QED) is 0.524. The lowest BCUT2D eigenvalue weighted by Crippen LogP contribution is -2.39. The standard InChI is InChI=1S/C21H31N2O5PS/c1-6-15-16(10-18(26-15)23-11-13(4)19(24)22-20(23)25)27-29-28-17-9-14(12(2)3)7-8-21(17,5)30-29/h11,14-18H,2,6-10H2,1,3-5H3,(H,22,24,25)/t14?,15-,16?,17-,18-,21-,29+/m1/s1. The molecule has 2 saturated heterocycles. The van der Waals surface area contributed by atoms with E-state index in [1.54, 1.807) is 13.1 Å². The number of aromatic nitrogens is 2. The lowest BCUT2D eigenvalue weighted by molar-refractivity contribution is -0.0187. The van der Waals surface area contributed by atoms with Gasteiger partial charge in [0.1, 0.15) is 6.23 Å². The van der Waals surface area contributed by atoms with Crippen molar-refractivity contribution in [2.24, 2.45) is 5.92 Å². The summed E-state index contributed by atoms with van der Waals surface area (Å²) in [5, 5.41) is 0. The van der Waals surface area contributed by atoms with Crippen molar-refractivity contribution in [3.05, 3.63) is 44.8 Å². The van der Waals surface area contributed by atoms with Gasteiger partial charge in [-0.1, -0.05) is 30.5 Å². The molecule has 0 aromatic carbocycles. The Hall–Kier alpha value is -0.920. The van der Waals surface area contributed by atoms with E-state index in [0.29, 0.717) is 17.9 Å². The maximum atomic E-state index is 12.3. The molecule has 0 bridgehead atoms. The topological polar surface area (TPSA) is 82.6 Å². The van der Waals surface area contributed by atoms with Crippen LogP contribution < -0.4 is 11.2 Å². The molecule has 9 heteroatoms. The Labute approximate surface area is 182 Å². The fourth-order valence-electron chi connectivity index (χ4n) is 4.55. The molecule has 3 heterocycles. The highest BCUT2D eigenvalue weighted by atomic mass is 32.7. The number of ether oxygens (including phenoxy) is 1. The molecule has 166 valence electrons. The van der Waals surface area contributed by atoms with Crippen molar-refractivity contribution >= 4 is 19.0 Å². The molecule has 1 aromatic heterocycles. The Kier molecular flexibility index (Phi) is 6.35. The molecule has 0 spiro atoms. The predicted octanol–water partition coefficient (Wildman–Crippen LogP) is 4.42. The second kappa shape index (κ2) is 8.55. The van der Waals surface area contributed by atoms with Crippen LogP contribution in [0.5, 0.6) is 0 Å². The van der Waals surface area contributed by atoms with E-state index in [1.807, 2.05) is 11.4 Å². The van der Waals surface area contributed by atoms with Crippen LogP contribution in [0.4, 0.5) is 0 Å². The van der Waals surface area contributed by atoms with Crippen molar-refractivity contribution in [1.82, 2.24) is 9.55 Å². The van der Waals surface area contributed by atoms with Crippen LogP contribution in [-0.2, 0) is 13.8 Å². The van der Waals surface area contributed by atoms with Crippen LogP contribution in [-0.4, -0.2) is 32.6 Å². The van der Waals surface area contributed by atoms with Crippen molar-refractivity contribution in [3.8, 4) is 0 Å². The predicted molar refractivity (Wildman–Crippen MR) is 120 cm³/mol. The van der Waals surface area contributed by atoms with Gasteiger partial charge in [0.15, 0.2) is 0 Å². The molecular weight excluding hydrogens is 423 g/mol. The third-order valence-electron chi connectivity index (χ3n) is 6.62. The lowest BCUT2D eigenvalue weighted by Gasteiger charge is -2.37. The second-order valence-corrected chi connectivity index (χ2v) is 12.4. The minimum Gasteiger partial charge on any atom is -0.352 e. The number of rotatable bonds is 5. The van der Waals surface area contributed by atoms with E-state index in [4.69, 9.17) is 13.8 Å². The highest BCUT2D eigenvalue weighted by Gasteiger charge is 2.52. The number of allylic oxidation sites excluding steroid dienone is 1. The van der Waals surface area contributed by atoms with E-state index in [9.17, 15) is 9.59 Å². The Bertz CT molecular complexity index is 933. The number of hydrogen-bond acceptors (Lipinski definition) is 6. The molecule has 1 aliphatic carbocycles. The summed E-state index contributed by atoms with van der Waals surface area (Å²) in [6.07, 6.45) is 5.67. The summed E-state index contributed by atoms with van der Waals surface area (Å²) in [4.78, 5) is 26.3. The molecule has 1 N–H and O–H groups in total. The molecule has 4 rings (SSSR count). The number of aromatic amines is 1. The normalized spacial score (nSPS) is 38.5. The SMILES string of the molecule is C=C(C)C1CC[C@@]2(C)S[P@@](OC3C[C@H](n4cc(C)c(=O)[nH]c4=O)O[C@@H]3CC)O[C@@H]2C1. The maximum Gasteiger partial charge on any atom is 0.330 e. The fourth-order valence-corrected chi connectivity index (χ4v) is 9.09. The first-order valence-electron chi connectivity index (χ1n) is 10.7. The molecule has 2 unspecified atom stereocenters. The average molecular weight is 455 g/mol. The van der Waals surface area contributed by atoms with E-state index in [0.717, 1.165) is 25.7 Å². The number of nitrogens with zero attached hydrogens (tertiary/aromatic N) is 1. The molecule has 30 heavy (non-hydrogen) atoms. The average Bonchev–Trinajstić information content (AvgIpc) is 3.23. The second-order valence-electron chi connectivity index (χ2n) is 8.93. The Morgan fingerprint density at radius 2 is 2.23 bits per heavy atom. The minimum absolute atomic E-state index is 0.0885. The monoisotopic (exact) mass is 454 g/mol. The van der Waals surface area contributed by atoms with Crippen molar-refractivity contribution in [3.63, 3.8) is 0 Å². The molecule has 0 radical (unpaired) electrons. The van der Waals surface area contributed by atoms with Gasteiger partial charge in [0.2, 0.25) is 7.58 Å². The van der Waals surface area contributed by atoms with Crippen LogP contribution in [0.3, 0.4) is 0 Å². The van der Waals surface area contributed by atoms with Gasteiger partial charge in [-0.3, -0.25) is 14.3 Å². The van der Waals surface area contributed by atoms with Gasteiger partial charge in [0, 0.05) is 22.9 Å². The van der Waals surface area contributed by atoms with Crippen LogP contribution in [0.15, 0.2) is 27.9 Å². The number of fused-ring (bicyclic) bond motifs is 1. The highest BCUT2D eigenvalue weighted by Crippen LogP contribution is 2.70. The van der Waals surface area contributed by atoms with E-state index in [-0.39, 0.29) is 28.6 Å². The maximum absolute atomic E-state index is 12.3. The Morgan fingerprint density at radius 3 is 2.93 bits per heavy atom. The summed E-state index contributed by atoms with van der Waals surface area (Å²) in [5.41, 5.74) is 0.908. The summed E-state index contributed by atoms with van der Waals surface area (Å²) in [6, 6.07) is 0. The molecule has 1 aromatic rings. The molecule has 0 amide bonds. The van der Waals surface area contributed by atoms with Crippen LogP contribution in [0.2, 0.25) is 0 Å². The van der Waals surface area contributed by atoms with E-state index in [1.165, 1.54) is 10.1 Å². The summed E-state index contributed by atoms with van der Waals surface area (Å²) in [5.74, 6) is 0.525. The van der Waals surface area contributed by atoms with Gasteiger partial charge in [0.25, 0.3) is 5.56 Å². The molecule has 2 aliphatic heterocycles. The lowest BCUT2D eigenvalue weighted by atomic mass is 9.77. The van der Waals surface area contributed by atoms with Crippen molar-refractivity contribution in [1.29, 1.82) is 0 Å². The first-order chi connectivity index (χ1) is 14.2. The van der Waals surface area contributed by atoms with Crippen molar-refractivity contribution in [2.45, 2.75) is 89.1 Å². The Balaban J connectivity index is 1.45. The molecule has 7 nitrogen and oxygen atoms in total. The first kappa shape index (κ1) is 22.3. The summed E-state index contributed by atoms with van der Waals surface area (Å²) in [6.45, 7) is 12.3. The largest absolute Gasteiger partial charge is 0.352 e. The van der Waals surface area contributed by atoms with Gasteiger partial charge in [-0.2, -0.15) is 0 Å². The smallest absolute Gasteiger partial charge is 0.330 e. The summed E-state index contributed by atoms with van der Waals surface area (Å²) < 4.78 is 20.5. The zero-order valence-corrected chi connectivity index (χ0v) is 19.8. The number of aryl methyl sites for hydroxylation is 1. The third kappa shape index (κ3) is 4.22. The van der Waals surface area contributed by atoms with Crippen molar-refractivity contribution in [2.75, 3.05) is 0 Å². The fraction of sp³-hybridized carbons (Fsp3) is 0.714. The number of nitrogens with one attached hydrogen (secondary N) is 1. The Morgan fingerprint density at radius 1 is 1.47 bits per heavy atom. The van der Waals surface area contributed by atoms with Gasteiger partial charge in [-0.05, 0) is 52.4 Å². The molecule has 7 atom stereocenters. The van der Waals surface area contributed by atoms with E-state index in [2.05, 4.69) is 32.3 Å². The van der Waals surface area contributed by atoms with Gasteiger partial charge >= 0.3 is 5.69 Å². The highest BCUT2D eigenvalue weighted by molar-refractivity contribution is 8.54. The van der Waals surface area contributed by atoms with E-state index < -0.39 is 19.5 Å². The molecule has 3 aliphatic rings. The van der Waals surface area contributed by atoms with Gasteiger partial charge in [0.05, 0.1) is 18.3 Å². The van der Waals surface area contributed by atoms with E-state index >= 15 is 0 Å². The van der Waals surface area contributed by atoms with Gasteiger partial charge < -0.3 is 13.8 Å². The van der Waals surface area contributed by atoms with Crippen molar-refractivity contribution < 1.29 is 13.8 Å². The van der Waals surface area contributed by atoms with Crippen LogP contribution >= 0.6 is 19.0 Å². The number of hydrogen-bond donors (Lipinski definition) is 1. The molecule has 3 fully saturated rings. The summed E-state index contributed by atoms with van der Waals surface area (Å²) >= 11 is 1.83. The van der Waals surface area contributed by atoms with Crippen LogP contribution in [0.25, 0.3) is 0 Å². The number of H-pyrrole nitrogens is 1. The first-order valence-corrected chi connectivity index (χ1v) is 13.3. The molecular formula is C21H31N2O5PS. The zero-order valence-electron chi connectivity index (χ0n) is 18.1. The van der Waals surface area contributed by atoms with Crippen LogP contribution in [0.1, 0.15) is 64.7 Å². The molecule has 1 saturated carbocycles. The minimum atomic E-state index is -1.07. The summed E-state index contributed by atoms with van der Waals surface area (Å²) in [7, 11) is -1.07. The van der Waals surface area contributed by atoms with Gasteiger partial charge in [-0.15, -0.1) is 0 Å².